The van der Waals surface area contributed by atoms with Crippen LogP contribution in [0, 0.1) is 0 Å². The first kappa shape index (κ1) is 9.01. The molecule has 1 rings (SSSR count). The zero-order chi connectivity index (χ0) is 8.10. The molecular formula is C9H19NO. The fourth-order valence-electron chi connectivity index (χ4n) is 1.60. The fourth-order valence-corrected chi connectivity index (χ4v) is 1.60. The minimum Gasteiger partial charge on any atom is -0.378 e. The van der Waals surface area contributed by atoms with Gasteiger partial charge in [0.2, 0.25) is 0 Å². The van der Waals surface area contributed by atoms with Crippen LogP contribution in [0.15, 0.2) is 0 Å². The molecule has 0 spiro atoms. The van der Waals surface area contributed by atoms with E-state index < -0.39 is 0 Å². The Kier molecular flexibility index (Phi) is 3.87. The molecule has 0 aliphatic carbocycles. The molecule has 1 aliphatic rings. The lowest BCUT2D eigenvalue weighted by molar-refractivity contribution is -0.0240. The lowest BCUT2D eigenvalue weighted by Gasteiger charge is -2.31. The molecule has 2 heteroatoms. The van der Waals surface area contributed by atoms with E-state index in [4.69, 9.17) is 0 Å². The highest BCUT2D eigenvalue weighted by atomic mass is 16.3. The Morgan fingerprint density at radius 3 is 2.91 bits per heavy atom. The number of rotatable bonds is 3. The minimum absolute atomic E-state index is 0.143. The maximum atomic E-state index is 9.52. The first-order chi connectivity index (χ1) is 5.34. The predicted octanol–water partition coefficient (Wildman–Crippen LogP) is 1.59. The maximum absolute atomic E-state index is 9.52. The number of hydrogen-bond acceptors (Lipinski definition) is 2. The molecule has 1 aliphatic heterocycles. The summed E-state index contributed by atoms with van der Waals surface area (Å²) in [6.07, 6.45) is 5.74. The second kappa shape index (κ2) is 4.73. The highest BCUT2D eigenvalue weighted by Gasteiger charge is 2.18. The van der Waals surface area contributed by atoms with Crippen molar-refractivity contribution in [3.63, 3.8) is 0 Å². The van der Waals surface area contributed by atoms with E-state index in [9.17, 15) is 5.11 Å². The molecule has 1 atom stereocenters. The van der Waals surface area contributed by atoms with Crippen LogP contribution in [0.5, 0.6) is 0 Å². The number of aliphatic hydroxyl groups excluding tert-OH is 1. The monoisotopic (exact) mass is 157 g/mol. The molecule has 0 amide bonds. The normalized spacial score (nSPS) is 27.3. The van der Waals surface area contributed by atoms with Gasteiger partial charge in [-0.05, 0) is 25.7 Å². The summed E-state index contributed by atoms with van der Waals surface area (Å²) < 4.78 is 0. The first-order valence-electron chi connectivity index (χ1n) is 4.76. The third-order valence-corrected chi connectivity index (χ3v) is 2.38. The molecule has 0 bridgehead atoms. The second-order valence-corrected chi connectivity index (χ2v) is 3.37. The molecule has 0 aromatic rings. The van der Waals surface area contributed by atoms with E-state index in [0.717, 1.165) is 19.5 Å². The van der Waals surface area contributed by atoms with Crippen LogP contribution in [-0.2, 0) is 0 Å². The quantitative estimate of drug-likeness (QED) is 0.672. The van der Waals surface area contributed by atoms with Gasteiger partial charge in [0.05, 0.1) is 0 Å². The van der Waals surface area contributed by atoms with Crippen molar-refractivity contribution in [2.24, 2.45) is 0 Å². The van der Waals surface area contributed by atoms with Gasteiger partial charge in [-0.25, -0.2) is 0 Å². The van der Waals surface area contributed by atoms with Crippen LogP contribution in [0.1, 0.15) is 39.0 Å². The van der Waals surface area contributed by atoms with Crippen molar-refractivity contribution >= 4 is 0 Å². The van der Waals surface area contributed by atoms with Gasteiger partial charge in [-0.1, -0.05) is 13.3 Å². The van der Waals surface area contributed by atoms with Gasteiger partial charge in [-0.3, -0.25) is 4.90 Å². The number of unbranched alkanes of at least 4 members (excludes halogenated alkanes) is 1. The van der Waals surface area contributed by atoms with E-state index in [2.05, 4.69) is 11.8 Å². The van der Waals surface area contributed by atoms with Gasteiger partial charge >= 0.3 is 0 Å². The molecule has 0 aromatic carbocycles. The van der Waals surface area contributed by atoms with Crippen LogP contribution in [0.25, 0.3) is 0 Å². The summed E-state index contributed by atoms with van der Waals surface area (Å²) in [4.78, 5) is 2.20. The SMILES string of the molecule is CCCCN1CCCCC1O. The Balaban J connectivity index is 2.18. The van der Waals surface area contributed by atoms with Crippen LogP contribution >= 0.6 is 0 Å². The van der Waals surface area contributed by atoms with E-state index >= 15 is 0 Å². The topological polar surface area (TPSA) is 23.5 Å². The molecule has 11 heavy (non-hydrogen) atoms. The highest BCUT2D eigenvalue weighted by molar-refractivity contribution is 4.67. The van der Waals surface area contributed by atoms with Gasteiger partial charge in [0.1, 0.15) is 6.23 Å². The Morgan fingerprint density at radius 2 is 2.27 bits per heavy atom. The summed E-state index contributed by atoms with van der Waals surface area (Å²) in [5.41, 5.74) is 0. The highest BCUT2D eigenvalue weighted by Crippen LogP contribution is 2.14. The number of hydrogen-bond donors (Lipinski definition) is 1. The summed E-state index contributed by atoms with van der Waals surface area (Å²) in [5, 5.41) is 9.52. The Morgan fingerprint density at radius 1 is 1.45 bits per heavy atom. The lowest BCUT2D eigenvalue weighted by Crippen LogP contribution is -2.39. The van der Waals surface area contributed by atoms with Crippen molar-refractivity contribution in [3.05, 3.63) is 0 Å². The zero-order valence-electron chi connectivity index (χ0n) is 7.42. The van der Waals surface area contributed by atoms with Crippen LogP contribution in [0.3, 0.4) is 0 Å². The molecule has 0 aromatic heterocycles. The van der Waals surface area contributed by atoms with Crippen molar-refractivity contribution in [1.82, 2.24) is 4.90 Å². The third-order valence-electron chi connectivity index (χ3n) is 2.38. The Labute approximate surface area is 69.2 Å². The van der Waals surface area contributed by atoms with Crippen molar-refractivity contribution in [2.75, 3.05) is 13.1 Å². The van der Waals surface area contributed by atoms with Gasteiger partial charge in [0, 0.05) is 13.1 Å². The van der Waals surface area contributed by atoms with Crippen LogP contribution in [0.2, 0.25) is 0 Å². The van der Waals surface area contributed by atoms with Crippen molar-refractivity contribution in [1.29, 1.82) is 0 Å². The third kappa shape index (κ3) is 2.80. The predicted molar refractivity (Wildman–Crippen MR) is 46.3 cm³/mol. The molecular weight excluding hydrogens is 138 g/mol. The summed E-state index contributed by atoms with van der Waals surface area (Å²) in [6.45, 7) is 4.37. The summed E-state index contributed by atoms with van der Waals surface area (Å²) >= 11 is 0. The standard InChI is InChI=1S/C9H19NO/c1-2-3-7-10-8-5-4-6-9(10)11/h9,11H,2-8H2,1H3. The van der Waals surface area contributed by atoms with Gasteiger partial charge in [-0.2, -0.15) is 0 Å². The van der Waals surface area contributed by atoms with Crippen molar-refractivity contribution < 1.29 is 5.11 Å². The van der Waals surface area contributed by atoms with E-state index in [-0.39, 0.29) is 6.23 Å². The summed E-state index contributed by atoms with van der Waals surface area (Å²) in [5.74, 6) is 0. The number of nitrogens with zero attached hydrogens (tertiary/aromatic N) is 1. The van der Waals surface area contributed by atoms with Crippen molar-refractivity contribution in [2.45, 2.75) is 45.3 Å². The van der Waals surface area contributed by atoms with Crippen LogP contribution in [-0.4, -0.2) is 29.3 Å². The van der Waals surface area contributed by atoms with E-state index in [1.807, 2.05) is 0 Å². The van der Waals surface area contributed by atoms with E-state index in [0.29, 0.717) is 0 Å². The lowest BCUT2D eigenvalue weighted by atomic mass is 10.1. The molecule has 2 nitrogen and oxygen atoms in total. The maximum Gasteiger partial charge on any atom is 0.107 e. The molecule has 0 radical (unpaired) electrons. The van der Waals surface area contributed by atoms with E-state index in [1.54, 1.807) is 0 Å². The number of likely N-dealkylation sites (tertiary alicyclic amines) is 1. The summed E-state index contributed by atoms with van der Waals surface area (Å²) in [7, 11) is 0. The number of aliphatic hydroxyl groups is 1. The minimum atomic E-state index is -0.143. The Bertz CT molecular complexity index is 106. The largest absolute Gasteiger partial charge is 0.378 e. The second-order valence-electron chi connectivity index (χ2n) is 3.37. The number of piperidine rings is 1. The molecule has 1 unspecified atom stereocenters. The van der Waals surface area contributed by atoms with Gasteiger partial charge in [-0.15, -0.1) is 0 Å². The first-order valence-corrected chi connectivity index (χ1v) is 4.76. The van der Waals surface area contributed by atoms with Gasteiger partial charge in [0.25, 0.3) is 0 Å². The molecule has 1 fully saturated rings. The zero-order valence-corrected chi connectivity index (χ0v) is 7.42. The summed E-state index contributed by atoms with van der Waals surface area (Å²) in [6, 6.07) is 0. The molecule has 1 saturated heterocycles. The average Bonchev–Trinajstić information content (AvgIpc) is 2.03. The van der Waals surface area contributed by atoms with Gasteiger partial charge in [0.15, 0.2) is 0 Å². The Hall–Kier alpha value is -0.0800. The molecule has 66 valence electrons. The molecule has 1 N–H and O–H groups in total. The van der Waals surface area contributed by atoms with Gasteiger partial charge < -0.3 is 5.11 Å². The smallest absolute Gasteiger partial charge is 0.107 e. The fraction of sp³-hybridized carbons (Fsp3) is 1.00. The molecule has 0 saturated carbocycles. The molecule has 1 heterocycles. The van der Waals surface area contributed by atoms with Crippen LogP contribution in [0.4, 0.5) is 0 Å². The van der Waals surface area contributed by atoms with E-state index in [1.165, 1.54) is 25.7 Å². The average molecular weight is 157 g/mol. The van der Waals surface area contributed by atoms with Crippen molar-refractivity contribution in [3.8, 4) is 0 Å². The van der Waals surface area contributed by atoms with Crippen LogP contribution < -0.4 is 0 Å².